The van der Waals surface area contributed by atoms with E-state index in [-0.39, 0.29) is 17.4 Å². The molecule has 0 bridgehead atoms. The fourth-order valence-corrected chi connectivity index (χ4v) is 3.97. The van der Waals surface area contributed by atoms with Gasteiger partial charge >= 0.3 is 0 Å². The van der Waals surface area contributed by atoms with Crippen LogP contribution in [0.3, 0.4) is 0 Å². The van der Waals surface area contributed by atoms with Gasteiger partial charge in [-0.25, -0.2) is 13.4 Å². The van der Waals surface area contributed by atoms with E-state index < -0.39 is 15.8 Å². The predicted molar refractivity (Wildman–Crippen MR) is 71.5 cm³/mol. The number of imidazole rings is 1. The largest absolute Gasteiger partial charge is 0.324 e. The molecule has 19 heavy (non-hydrogen) atoms. The number of carbonyl (C=O) groups is 1. The highest BCUT2D eigenvalue weighted by Crippen LogP contribution is 2.20. The van der Waals surface area contributed by atoms with Gasteiger partial charge in [0.2, 0.25) is 11.9 Å². The molecule has 100 valence electrons. The SMILES string of the molecule is O=C(Nc1nc2ccccc2[nH]1)C1CCS(=O)(=O)C1. The molecule has 7 heteroatoms. The summed E-state index contributed by atoms with van der Waals surface area (Å²) in [6, 6.07) is 7.42. The number of carbonyl (C=O) groups excluding carboxylic acids is 1. The molecule has 3 rings (SSSR count). The van der Waals surface area contributed by atoms with Gasteiger partial charge in [-0.2, -0.15) is 0 Å². The molecule has 1 aliphatic heterocycles. The number of para-hydroxylation sites is 2. The number of nitrogens with one attached hydrogen (secondary N) is 2. The second-order valence-electron chi connectivity index (χ2n) is 4.69. The van der Waals surface area contributed by atoms with E-state index in [0.717, 1.165) is 11.0 Å². The summed E-state index contributed by atoms with van der Waals surface area (Å²) in [5, 5.41) is 2.64. The minimum atomic E-state index is -3.05. The maximum absolute atomic E-state index is 11.9. The zero-order valence-corrected chi connectivity index (χ0v) is 10.9. The maximum atomic E-state index is 11.9. The van der Waals surface area contributed by atoms with Crippen molar-refractivity contribution in [1.29, 1.82) is 0 Å². The van der Waals surface area contributed by atoms with Gasteiger partial charge in [-0.1, -0.05) is 12.1 Å². The molecule has 2 aromatic rings. The van der Waals surface area contributed by atoms with Crippen molar-refractivity contribution in [3.63, 3.8) is 0 Å². The smallest absolute Gasteiger partial charge is 0.230 e. The zero-order chi connectivity index (χ0) is 13.5. The Kier molecular flexibility index (Phi) is 2.78. The van der Waals surface area contributed by atoms with Gasteiger partial charge in [0.15, 0.2) is 9.84 Å². The van der Waals surface area contributed by atoms with Crippen LogP contribution >= 0.6 is 0 Å². The highest BCUT2D eigenvalue weighted by atomic mass is 32.2. The Morgan fingerprint density at radius 3 is 2.84 bits per heavy atom. The second-order valence-corrected chi connectivity index (χ2v) is 6.92. The van der Waals surface area contributed by atoms with Crippen LogP contribution in [-0.2, 0) is 14.6 Å². The number of hydrogen-bond donors (Lipinski definition) is 2. The molecular formula is C12H13N3O3S. The topological polar surface area (TPSA) is 91.9 Å². The van der Waals surface area contributed by atoms with Crippen LogP contribution in [0.1, 0.15) is 6.42 Å². The lowest BCUT2D eigenvalue weighted by atomic mass is 10.1. The van der Waals surface area contributed by atoms with Gasteiger partial charge in [0.1, 0.15) is 0 Å². The van der Waals surface area contributed by atoms with Gasteiger partial charge < -0.3 is 4.98 Å². The van der Waals surface area contributed by atoms with Crippen molar-refractivity contribution >= 4 is 32.7 Å². The Labute approximate surface area is 110 Å². The molecule has 6 nitrogen and oxygen atoms in total. The third-order valence-electron chi connectivity index (χ3n) is 3.23. The van der Waals surface area contributed by atoms with E-state index in [4.69, 9.17) is 0 Å². The number of anilines is 1. The van der Waals surface area contributed by atoms with Crippen molar-refractivity contribution in [2.45, 2.75) is 6.42 Å². The Balaban J connectivity index is 1.76. The van der Waals surface area contributed by atoms with Crippen LogP contribution in [0.5, 0.6) is 0 Å². The molecule has 1 amide bonds. The number of aromatic amines is 1. The van der Waals surface area contributed by atoms with Gasteiger partial charge in [0, 0.05) is 0 Å². The first-order chi connectivity index (χ1) is 9.03. The number of rotatable bonds is 2. The van der Waals surface area contributed by atoms with Crippen LogP contribution in [0.15, 0.2) is 24.3 Å². The first-order valence-corrected chi connectivity index (χ1v) is 7.82. The molecule has 1 atom stereocenters. The molecular weight excluding hydrogens is 266 g/mol. The van der Waals surface area contributed by atoms with Crippen molar-refractivity contribution in [2.75, 3.05) is 16.8 Å². The second kappa shape index (κ2) is 4.34. The van der Waals surface area contributed by atoms with Crippen LogP contribution in [0.2, 0.25) is 0 Å². The lowest BCUT2D eigenvalue weighted by molar-refractivity contribution is -0.119. The maximum Gasteiger partial charge on any atom is 0.230 e. The molecule has 0 spiro atoms. The number of aromatic nitrogens is 2. The monoisotopic (exact) mass is 279 g/mol. The molecule has 0 aliphatic carbocycles. The summed E-state index contributed by atoms with van der Waals surface area (Å²) in [6.45, 7) is 0. The lowest BCUT2D eigenvalue weighted by Gasteiger charge is -2.06. The van der Waals surface area contributed by atoms with E-state index in [2.05, 4.69) is 15.3 Å². The van der Waals surface area contributed by atoms with Crippen molar-refractivity contribution in [3.8, 4) is 0 Å². The molecule has 2 N–H and O–H groups in total. The third-order valence-corrected chi connectivity index (χ3v) is 5.00. The molecule has 1 saturated heterocycles. The van der Waals surface area contributed by atoms with E-state index >= 15 is 0 Å². The number of amides is 1. The Bertz CT molecular complexity index is 703. The quantitative estimate of drug-likeness (QED) is 0.855. The Morgan fingerprint density at radius 1 is 1.37 bits per heavy atom. The average molecular weight is 279 g/mol. The van der Waals surface area contributed by atoms with Crippen LogP contribution in [0.25, 0.3) is 11.0 Å². The number of H-pyrrole nitrogens is 1. The van der Waals surface area contributed by atoms with Crippen molar-refractivity contribution in [1.82, 2.24) is 9.97 Å². The van der Waals surface area contributed by atoms with Crippen LogP contribution < -0.4 is 5.32 Å². The fraction of sp³-hybridized carbons (Fsp3) is 0.333. The zero-order valence-electron chi connectivity index (χ0n) is 10.1. The predicted octanol–water partition coefficient (Wildman–Crippen LogP) is 0.936. The van der Waals surface area contributed by atoms with Gasteiger partial charge in [-0.3, -0.25) is 10.1 Å². The highest BCUT2D eigenvalue weighted by Gasteiger charge is 2.33. The third kappa shape index (κ3) is 2.46. The normalized spacial score (nSPS) is 21.6. The highest BCUT2D eigenvalue weighted by molar-refractivity contribution is 7.91. The first-order valence-electron chi connectivity index (χ1n) is 5.99. The van der Waals surface area contributed by atoms with Gasteiger partial charge in [-0.15, -0.1) is 0 Å². The summed E-state index contributed by atoms with van der Waals surface area (Å²) >= 11 is 0. The molecule has 0 radical (unpaired) electrons. The van der Waals surface area contributed by atoms with E-state index in [9.17, 15) is 13.2 Å². The van der Waals surface area contributed by atoms with Gasteiger partial charge in [0.05, 0.1) is 28.5 Å². The van der Waals surface area contributed by atoms with E-state index in [1.807, 2.05) is 24.3 Å². The number of sulfone groups is 1. The van der Waals surface area contributed by atoms with Crippen molar-refractivity contribution in [3.05, 3.63) is 24.3 Å². The van der Waals surface area contributed by atoms with E-state index in [1.165, 1.54) is 0 Å². The summed E-state index contributed by atoms with van der Waals surface area (Å²) < 4.78 is 22.7. The number of benzene rings is 1. The van der Waals surface area contributed by atoms with E-state index in [1.54, 1.807) is 0 Å². The van der Waals surface area contributed by atoms with Crippen LogP contribution in [0, 0.1) is 5.92 Å². The van der Waals surface area contributed by atoms with Gasteiger partial charge in [-0.05, 0) is 18.6 Å². The Hall–Kier alpha value is -1.89. The van der Waals surface area contributed by atoms with Crippen molar-refractivity contribution in [2.24, 2.45) is 5.92 Å². The standard InChI is InChI=1S/C12H13N3O3S/c16-11(8-5-6-19(17,18)7-8)15-12-13-9-3-1-2-4-10(9)14-12/h1-4,8H,5-7H2,(H2,13,14,15,16). The van der Waals surface area contributed by atoms with Crippen molar-refractivity contribution < 1.29 is 13.2 Å². The molecule has 1 aromatic heterocycles. The summed E-state index contributed by atoms with van der Waals surface area (Å²) in [6.07, 6.45) is 0.383. The summed E-state index contributed by atoms with van der Waals surface area (Å²) in [5.41, 5.74) is 1.59. The molecule has 1 aliphatic rings. The minimum absolute atomic E-state index is 0.0704. The first kappa shape index (κ1) is 12.2. The average Bonchev–Trinajstić information content (AvgIpc) is 2.91. The molecule has 1 fully saturated rings. The van der Waals surface area contributed by atoms with Crippen LogP contribution in [0.4, 0.5) is 5.95 Å². The molecule has 0 saturated carbocycles. The van der Waals surface area contributed by atoms with Crippen LogP contribution in [-0.4, -0.2) is 35.8 Å². The fourth-order valence-electron chi connectivity index (χ4n) is 2.23. The Morgan fingerprint density at radius 2 is 2.16 bits per heavy atom. The van der Waals surface area contributed by atoms with E-state index in [0.29, 0.717) is 12.4 Å². The summed E-state index contributed by atoms with van der Waals surface area (Å²) in [5.74, 6) is -0.390. The number of hydrogen-bond acceptors (Lipinski definition) is 4. The van der Waals surface area contributed by atoms with Gasteiger partial charge in [0.25, 0.3) is 0 Å². The number of fused-ring (bicyclic) bond motifs is 1. The summed E-state index contributed by atoms with van der Waals surface area (Å²) in [4.78, 5) is 19.1. The lowest BCUT2D eigenvalue weighted by Crippen LogP contribution is -2.24. The number of nitrogens with zero attached hydrogens (tertiary/aromatic N) is 1. The summed E-state index contributed by atoms with van der Waals surface area (Å²) in [7, 11) is -3.05. The minimum Gasteiger partial charge on any atom is -0.324 e. The molecule has 2 heterocycles. The molecule has 1 aromatic carbocycles. The molecule has 1 unspecified atom stereocenters.